The Morgan fingerprint density at radius 2 is 1.73 bits per heavy atom. The van der Waals surface area contributed by atoms with Crippen molar-refractivity contribution in [1.29, 1.82) is 0 Å². The number of H-pyrrole nitrogens is 1. The van der Waals surface area contributed by atoms with Crippen molar-refractivity contribution >= 4 is 18.0 Å². The van der Waals surface area contributed by atoms with Crippen molar-refractivity contribution in [3.8, 4) is 0 Å². The second kappa shape index (κ2) is 4.19. The third kappa shape index (κ3) is 2.19. The quantitative estimate of drug-likeness (QED) is 0.617. The van der Waals surface area contributed by atoms with Crippen molar-refractivity contribution in [3.63, 3.8) is 0 Å². The molecule has 0 atom stereocenters. The molecule has 0 bridgehead atoms. The molecule has 1 aromatic carbocycles. The van der Waals surface area contributed by atoms with E-state index < -0.39 is 0 Å². The Morgan fingerprint density at radius 1 is 1.00 bits per heavy atom. The van der Waals surface area contributed by atoms with Crippen LogP contribution >= 0.6 is 12.2 Å². The highest BCUT2D eigenvalue weighted by molar-refractivity contribution is 7.71. The molecule has 2 aromatic rings. The molecule has 1 aromatic heterocycles. The lowest BCUT2D eigenvalue weighted by Gasteiger charge is -1.99. The Hall–Kier alpha value is -1.74. The summed E-state index contributed by atoms with van der Waals surface area (Å²) in [6, 6.07) is 12.6. The highest BCUT2D eigenvalue weighted by Crippen LogP contribution is 2.07. The molecular formula is C12H9NOS. The first-order valence-electron chi connectivity index (χ1n) is 4.56. The number of benzene rings is 1. The molecule has 0 aliphatic rings. The minimum absolute atomic E-state index is 0.00171. The summed E-state index contributed by atoms with van der Waals surface area (Å²) in [5.41, 5.74) is 1.30. The van der Waals surface area contributed by atoms with Gasteiger partial charge in [0.2, 0.25) is 0 Å². The van der Waals surface area contributed by atoms with Gasteiger partial charge in [0.1, 0.15) is 4.64 Å². The highest BCUT2D eigenvalue weighted by atomic mass is 32.1. The highest BCUT2D eigenvalue weighted by Gasteiger charge is 2.06. The van der Waals surface area contributed by atoms with Crippen molar-refractivity contribution < 1.29 is 4.79 Å². The lowest BCUT2D eigenvalue weighted by molar-refractivity contribution is 0.103. The van der Waals surface area contributed by atoms with E-state index in [1.807, 2.05) is 18.2 Å². The molecule has 0 aliphatic heterocycles. The summed E-state index contributed by atoms with van der Waals surface area (Å²) in [6.45, 7) is 0. The van der Waals surface area contributed by atoms with Gasteiger partial charge in [-0.05, 0) is 12.1 Å². The predicted molar refractivity (Wildman–Crippen MR) is 61.5 cm³/mol. The lowest BCUT2D eigenvalue weighted by Crippen LogP contribution is -2.00. The normalized spacial score (nSPS) is 9.87. The average molecular weight is 215 g/mol. The maximum atomic E-state index is 11.9. The first-order chi connectivity index (χ1) is 7.27. The molecule has 0 saturated heterocycles. The van der Waals surface area contributed by atoms with Crippen molar-refractivity contribution in [1.82, 2.24) is 4.98 Å². The zero-order valence-corrected chi connectivity index (χ0v) is 8.75. The molecule has 0 unspecified atom stereocenters. The number of aromatic nitrogens is 1. The predicted octanol–water partition coefficient (Wildman–Crippen LogP) is 2.98. The van der Waals surface area contributed by atoms with E-state index in [1.54, 1.807) is 30.5 Å². The van der Waals surface area contributed by atoms with Crippen LogP contribution in [0.2, 0.25) is 0 Å². The van der Waals surface area contributed by atoms with Crippen LogP contribution in [0.25, 0.3) is 0 Å². The number of rotatable bonds is 2. The molecular weight excluding hydrogens is 206 g/mol. The molecule has 2 nitrogen and oxygen atoms in total. The summed E-state index contributed by atoms with van der Waals surface area (Å²) in [5.74, 6) is 0.00171. The number of hydrogen-bond acceptors (Lipinski definition) is 2. The van der Waals surface area contributed by atoms with E-state index in [-0.39, 0.29) is 5.78 Å². The monoisotopic (exact) mass is 215 g/mol. The van der Waals surface area contributed by atoms with Gasteiger partial charge in [-0.15, -0.1) is 0 Å². The van der Waals surface area contributed by atoms with E-state index in [0.717, 1.165) is 0 Å². The molecule has 74 valence electrons. The standard InChI is InChI=1S/C12H9NOS/c14-12(9-4-2-1-3-5-9)10-6-7-11(15)13-8-10/h1-8H,(H,13,15). The largest absolute Gasteiger partial charge is 0.352 e. The summed E-state index contributed by atoms with van der Waals surface area (Å²) in [4.78, 5) is 14.7. The Balaban J connectivity index is 2.37. The van der Waals surface area contributed by atoms with E-state index in [9.17, 15) is 4.79 Å². The van der Waals surface area contributed by atoms with E-state index in [1.165, 1.54) is 0 Å². The van der Waals surface area contributed by atoms with E-state index in [2.05, 4.69) is 4.98 Å². The van der Waals surface area contributed by atoms with Crippen molar-refractivity contribution in [2.24, 2.45) is 0 Å². The van der Waals surface area contributed by atoms with Gasteiger partial charge in [-0.2, -0.15) is 0 Å². The van der Waals surface area contributed by atoms with Crippen LogP contribution in [-0.2, 0) is 0 Å². The molecule has 0 fully saturated rings. The molecule has 0 radical (unpaired) electrons. The van der Waals surface area contributed by atoms with Crippen molar-refractivity contribution in [3.05, 3.63) is 64.4 Å². The Morgan fingerprint density at radius 3 is 2.33 bits per heavy atom. The minimum Gasteiger partial charge on any atom is -0.352 e. The van der Waals surface area contributed by atoms with Gasteiger partial charge in [-0.25, -0.2) is 0 Å². The summed E-state index contributed by atoms with van der Waals surface area (Å²) in [7, 11) is 0. The number of pyridine rings is 1. The van der Waals surface area contributed by atoms with Crippen LogP contribution in [0, 0.1) is 4.64 Å². The zero-order chi connectivity index (χ0) is 10.7. The van der Waals surface area contributed by atoms with Crippen molar-refractivity contribution in [2.45, 2.75) is 0 Å². The van der Waals surface area contributed by atoms with E-state index >= 15 is 0 Å². The first-order valence-corrected chi connectivity index (χ1v) is 4.97. The number of ketones is 1. The van der Waals surface area contributed by atoms with Crippen LogP contribution in [0.3, 0.4) is 0 Å². The van der Waals surface area contributed by atoms with Crippen LogP contribution in [0.15, 0.2) is 48.7 Å². The molecule has 2 rings (SSSR count). The number of nitrogens with one attached hydrogen (secondary N) is 1. The van der Waals surface area contributed by atoms with Crippen LogP contribution in [0.1, 0.15) is 15.9 Å². The molecule has 1 heterocycles. The number of carbonyl (C=O) groups excluding carboxylic acids is 1. The third-order valence-electron chi connectivity index (χ3n) is 2.08. The van der Waals surface area contributed by atoms with Gasteiger partial charge in [-0.3, -0.25) is 4.79 Å². The van der Waals surface area contributed by atoms with E-state index in [0.29, 0.717) is 15.8 Å². The lowest BCUT2D eigenvalue weighted by atomic mass is 10.1. The molecule has 0 saturated carbocycles. The second-order valence-electron chi connectivity index (χ2n) is 3.14. The summed E-state index contributed by atoms with van der Waals surface area (Å²) >= 11 is 4.91. The molecule has 0 spiro atoms. The average Bonchev–Trinajstić information content (AvgIpc) is 2.30. The summed E-state index contributed by atoms with van der Waals surface area (Å²) < 4.78 is 0.625. The Bertz CT molecular complexity index is 510. The molecule has 0 amide bonds. The van der Waals surface area contributed by atoms with Gasteiger partial charge >= 0.3 is 0 Å². The first kappa shape index (κ1) is 9.80. The molecule has 1 N–H and O–H groups in total. The smallest absolute Gasteiger partial charge is 0.194 e. The topological polar surface area (TPSA) is 32.9 Å². The van der Waals surface area contributed by atoms with E-state index in [4.69, 9.17) is 12.2 Å². The van der Waals surface area contributed by atoms with Crippen molar-refractivity contribution in [2.75, 3.05) is 0 Å². The molecule has 15 heavy (non-hydrogen) atoms. The SMILES string of the molecule is O=C(c1ccccc1)c1ccc(=S)[nH]c1. The van der Waals surface area contributed by atoms with Gasteiger partial charge in [0.15, 0.2) is 5.78 Å². The van der Waals surface area contributed by atoms with Gasteiger partial charge in [-0.1, -0.05) is 42.5 Å². The van der Waals surface area contributed by atoms with Crippen LogP contribution in [0.4, 0.5) is 0 Å². The fraction of sp³-hybridized carbons (Fsp3) is 0. The van der Waals surface area contributed by atoms with Crippen LogP contribution in [-0.4, -0.2) is 10.8 Å². The van der Waals surface area contributed by atoms with Gasteiger partial charge < -0.3 is 4.98 Å². The maximum Gasteiger partial charge on any atom is 0.194 e. The fourth-order valence-corrected chi connectivity index (χ4v) is 1.43. The van der Waals surface area contributed by atoms with Gasteiger partial charge in [0.25, 0.3) is 0 Å². The Kier molecular flexibility index (Phi) is 2.74. The molecule has 3 heteroatoms. The Labute approximate surface area is 92.6 Å². The van der Waals surface area contributed by atoms with Gasteiger partial charge in [0, 0.05) is 17.3 Å². The second-order valence-corrected chi connectivity index (χ2v) is 3.58. The number of carbonyl (C=O) groups is 1. The fourth-order valence-electron chi connectivity index (χ4n) is 1.31. The minimum atomic E-state index is 0.00171. The summed E-state index contributed by atoms with van der Waals surface area (Å²) in [6.07, 6.45) is 1.64. The van der Waals surface area contributed by atoms with Crippen LogP contribution in [0.5, 0.6) is 0 Å². The third-order valence-corrected chi connectivity index (χ3v) is 2.34. The number of aromatic amines is 1. The molecule has 0 aliphatic carbocycles. The van der Waals surface area contributed by atoms with Crippen LogP contribution < -0.4 is 0 Å². The maximum absolute atomic E-state index is 11.9. The zero-order valence-electron chi connectivity index (χ0n) is 7.94. The summed E-state index contributed by atoms with van der Waals surface area (Å²) in [5, 5.41) is 0. The van der Waals surface area contributed by atoms with Gasteiger partial charge in [0.05, 0.1) is 0 Å². The number of hydrogen-bond donors (Lipinski definition) is 1.